The Morgan fingerprint density at radius 2 is 1.55 bits per heavy atom. The Hall–Kier alpha value is -0.0135. The minimum absolute atomic E-state index is 0. The van der Waals surface area contributed by atoms with Gasteiger partial charge < -0.3 is 0 Å². The molecule has 0 nitrogen and oxygen atoms in total. The van der Waals surface area contributed by atoms with Crippen LogP contribution in [0.15, 0.2) is 16.7 Å². The summed E-state index contributed by atoms with van der Waals surface area (Å²) < 4.78 is 0. The van der Waals surface area contributed by atoms with Crippen molar-refractivity contribution in [3.05, 3.63) is 22.8 Å². The normalized spacial score (nSPS) is 21.4. The van der Waals surface area contributed by atoms with E-state index >= 15 is 0 Å². The van der Waals surface area contributed by atoms with Crippen LogP contribution in [0.4, 0.5) is 0 Å². The molecule has 0 saturated heterocycles. The summed E-state index contributed by atoms with van der Waals surface area (Å²) in [6, 6.07) is 0. The Morgan fingerprint density at radius 1 is 1.09 bits per heavy atom. The Morgan fingerprint density at radius 3 is 1.64 bits per heavy atom. The van der Waals surface area contributed by atoms with E-state index in [0.717, 1.165) is 0 Å². The van der Waals surface area contributed by atoms with Gasteiger partial charge in [-0.3, -0.25) is 6.08 Å². The zero-order chi connectivity index (χ0) is 7.94. The van der Waals surface area contributed by atoms with Crippen molar-refractivity contribution >= 4 is 0 Å². The van der Waals surface area contributed by atoms with Crippen LogP contribution in [0, 0.1) is 11.5 Å². The van der Waals surface area contributed by atoms with Gasteiger partial charge in [-0.25, -0.2) is 5.57 Å². The Balaban J connectivity index is 0.000001000. The van der Waals surface area contributed by atoms with Gasteiger partial charge in [0.1, 0.15) is 0 Å². The fourth-order valence-electron chi connectivity index (χ4n) is 1.41. The predicted octanol–water partition coefficient (Wildman–Crippen LogP) is 3.11. The smallest absolute Gasteiger partial charge is 0 e. The predicted molar refractivity (Wildman–Crippen MR) is 44.6 cm³/mol. The SMILES string of the molecule is CC1=[C-]C(C)(C)C(C)=C1C.[Co]. The van der Waals surface area contributed by atoms with Gasteiger partial charge in [0.25, 0.3) is 0 Å². The average molecular weight is 194 g/mol. The van der Waals surface area contributed by atoms with Gasteiger partial charge in [-0.05, 0) is 0 Å². The van der Waals surface area contributed by atoms with Crippen molar-refractivity contribution in [2.45, 2.75) is 34.6 Å². The molecular weight excluding hydrogens is 179 g/mol. The van der Waals surface area contributed by atoms with E-state index in [1.165, 1.54) is 16.7 Å². The molecule has 65 valence electrons. The van der Waals surface area contributed by atoms with Crippen LogP contribution < -0.4 is 0 Å². The quantitative estimate of drug-likeness (QED) is 0.520. The third-order valence-corrected chi connectivity index (χ3v) is 2.56. The van der Waals surface area contributed by atoms with E-state index in [9.17, 15) is 0 Å². The van der Waals surface area contributed by atoms with Gasteiger partial charge in [0.15, 0.2) is 0 Å². The molecule has 11 heavy (non-hydrogen) atoms. The van der Waals surface area contributed by atoms with Gasteiger partial charge in [0, 0.05) is 16.8 Å². The summed E-state index contributed by atoms with van der Waals surface area (Å²) in [5.74, 6) is 0. The molecule has 0 spiro atoms. The first-order valence-corrected chi connectivity index (χ1v) is 3.75. The van der Waals surface area contributed by atoms with Gasteiger partial charge in [-0.1, -0.05) is 33.1 Å². The van der Waals surface area contributed by atoms with Crippen LogP contribution in [0.5, 0.6) is 0 Å². The summed E-state index contributed by atoms with van der Waals surface area (Å²) >= 11 is 0. The standard InChI is InChI=1S/C10H15.Co/c1-7-6-10(4,5)9(3)8(7)2;/h1-5H3;/q-1;. The van der Waals surface area contributed by atoms with Crippen molar-refractivity contribution in [2.24, 2.45) is 5.41 Å². The maximum absolute atomic E-state index is 3.44. The minimum atomic E-state index is 0. The van der Waals surface area contributed by atoms with Crippen molar-refractivity contribution < 1.29 is 16.8 Å². The molecule has 1 radical (unpaired) electrons. The zero-order valence-electron chi connectivity index (χ0n) is 7.83. The molecule has 1 aliphatic rings. The molecule has 0 saturated carbocycles. The molecule has 0 fully saturated rings. The number of hydrogen-bond donors (Lipinski definition) is 0. The van der Waals surface area contributed by atoms with Crippen LogP contribution in [0.2, 0.25) is 0 Å². The maximum atomic E-state index is 3.44. The molecule has 1 aliphatic carbocycles. The fraction of sp³-hybridized carbons (Fsp3) is 0.600. The summed E-state index contributed by atoms with van der Waals surface area (Å²) in [6.07, 6.45) is 3.44. The fourth-order valence-corrected chi connectivity index (χ4v) is 1.41. The van der Waals surface area contributed by atoms with Gasteiger partial charge in [-0.2, -0.15) is 11.1 Å². The molecule has 0 amide bonds. The van der Waals surface area contributed by atoms with E-state index in [1.54, 1.807) is 0 Å². The van der Waals surface area contributed by atoms with E-state index in [1.807, 2.05) is 0 Å². The largest absolute Gasteiger partial charge is 0.263 e. The summed E-state index contributed by atoms with van der Waals surface area (Å²) in [5.41, 5.74) is 4.39. The van der Waals surface area contributed by atoms with Crippen LogP contribution in [0.3, 0.4) is 0 Å². The Bertz CT molecular complexity index is 219. The number of hydrogen-bond acceptors (Lipinski definition) is 0. The topological polar surface area (TPSA) is 0 Å². The molecule has 0 heterocycles. The van der Waals surface area contributed by atoms with Crippen LogP contribution in [0.1, 0.15) is 34.6 Å². The number of allylic oxidation sites excluding steroid dienone is 4. The average Bonchev–Trinajstić information content (AvgIpc) is 1.95. The van der Waals surface area contributed by atoms with Gasteiger partial charge in [-0.15, -0.1) is 6.92 Å². The molecule has 0 aromatic rings. The van der Waals surface area contributed by atoms with Crippen molar-refractivity contribution in [3.8, 4) is 0 Å². The van der Waals surface area contributed by atoms with Gasteiger partial charge in [0.05, 0.1) is 0 Å². The van der Waals surface area contributed by atoms with E-state index in [-0.39, 0.29) is 22.2 Å². The molecule has 1 rings (SSSR count). The first-order chi connectivity index (χ1) is 4.45. The van der Waals surface area contributed by atoms with Gasteiger partial charge in [0.2, 0.25) is 0 Å². The van der Waals surface area contributed by atoms with Crippen molar-refractivity contribution in [1.29, 1.82) is 0 Å². The molecule has 0 aliphatic heterocycles. The third kappa shape index (κ3) is 1.77. The van der Waals surface area contributed by atoms with E-state index in [4.69, 9.17) is 0 Å². The van der Waals surface area contributed by atoms with E-state index < -0.39 is 0 Å². The van der Waals surface area contributed by atoms with Crippen LogP contribution in [0.25, 0.3) is 0 Å². The van der Waals surface area contributed by atoms with Crippen LogP contribution in [-0.2, 0) is 16.8 Å². The maximum Gasteiger partial charge on any atom is 0 e. The molecule has 0 unspecified atom stereocenters. The summed E-state index contributed by atoms with van der Waals surface area (Å²) in [5, 5.41) is 0. The van der Waals surface area contributed by atoms with Crippen LogP contribution >= 0.6 is 0 Å². The van der Waals surface area contributed by atoms with E-state index in [2.05, 4.69) is 40.7 Å². The molecular formula is C10H15Co-. The molecule has 1 heteroatoms. The first kappa shape index (κ1) is 11.0. The van der Waals surface area contributed by atoms with E-state index in [0.29, 0.717) is 0 Å². The van der Waals surface area contributed by atoms with Gasteiger partial charge >= 0.3 is 0 Å². The second-order valence-electron chi connectivity index (χ2n) is 3.62. The second-order valence-corrected chi connectivity index (χ2v) is 3.62. The Labute approximate surface area is 80.0 Å². The summed E-state index contributed by atoms with van der Waals surface area (Å²) in [7, 11) is 0. The monoisotopic (exact) mass is 194 g/mol. The summed E-state index contributed by atoms with van der Waals surface area (Å²) in [6.45, 7) is 10.9. The van der Waals surface area contributed by atoms with Crippen molar-refractivity contribution in [3.63, 3.8) is 0 Å². The Kier molecular flexibility index (Phi) is 3.15. The van der Waals surface area contributed by atoms with Crippen molar-refractivity contribution in [2.75, 3.05) is 0 Å². The molecule has 0 aromatic heterocycles. The molecule has 0 aromatic carbocycles. The summed E-state index contributed by atoms with van der Waals surface area (Å²) in [4.78, 5) is 0. The first-order valence-electron chi connectivity index (χ1n) is 3.75. The third-order valence-electron chi connectivity index (χ3n) is 2.56. The van der Waals surface area contributed by atoms with Crippen molar-refractivity contribution in [1.82, 2.24) is 0 Å². The molecule has 0 bridgehead atoms. The zero-order valence-corrected chi connectivity index (χ0v) is 8.87. The minimum Gasteiger partial charge on any atom is -0.263 e. The second kappa shape index (κ2) is 3.16. The molecule has 0 atom stereocenters. The van der Waals surface area contributed by atoms with Crippen LogP contribution in [-0.4, -0.2) is 0 Å². The molecule has 0 N–H and O–H groups in total. The number of rotatable bonds is 0.